The van der Waals surface area contributed by atoms with E-state index in [1.165, 1.54) is 0 Å². The van der Waals surface area contributed by atoms with E-state index < -0.39 is 9.84 Å². The van der Waals surface area contributed by atoms with E-state index in [4.69, 9.17) is 0 Å². The fourth-order valence-corrected chi connectivity index (χ4v) is 3.72. The molecule has 2 nitrogen and oxygen atoms in total. The van der Waals surface area contributed by atoms with E-state index in [0.29, 0.717) is 11.5 Å². The third-order valence-corrected chi connectivity index (χ3v) is 4.45. The Morgan fingerprint density at radius 1 is 1.55 bits per heavy atom. The molecule has 11 heavy (non-hydrogen) atoms. The van der Waals surface area contributed by atoms with E-state index in [2.05, 4.69) is 12.6 Å². The second-order valence-electron chi connectivity index (χ2n) is 3.26. The van der Waals surface area contributed by atoms with Gasteiger partial charge in [0.05, 0.1) is 11.5 Å². The molecule has 0 spiro atoms. The zero-order valence-corrected chi connectivity index (χ0v) is 8.37. The molecule has 0 amide bonds. The molecule has 1 saturated heterocycles. The van der Waals surface area contributed by atoms with Gasteiger partial charge < -0.3 is 0 Å². The zero-order chi connectivity index (χ0) is 8.48. The summed E-state index contributed by atoms with van der Waals surface area (Å²) in [7, 11) is -2.73. The van der Waals surface area contributed by atoms with Crippen LogP contribution >= 0.6 is 12.6 Å². The van der Waals surface area contributed by atoms with Crippen LogP contribution in [0.2, 0.25) is 0 Å². The van der Waals surface area contributed by atoms with Crippen molar-refractivity contribution in [3.63, 3.8) is 0 Å². The summed E-state index contributed by atoms with van der Waals surface area (Å²) in [6.07, 6.45) is 1.84. The van der Waals surface area contributed by atoms with E-state index in [-0.39, 0.29) is 11.2 Å². The molecule has 2 atom stereocenters. The Labute approximate surface area is 73.7 Å². The Balaban J connectivity index is 2.61. The third-order valence-electron chi connectivity index (χ3n) is 2.18. The Bertz CT molecular complexity index is 219. The molecular weight excluding hydrogens is 180 g/mol. The van der Waals surface area contributed by atoms with Crippen LogP contribution in [0.1, 0.15) is 19.8 Å². The quantitative estimate of drug-likeness (QED) is 0.635. The summed E-state index contributed by atoms with van der Waals surface area (Å²) in [6.45, 7) is 1.97. The Hall–Kier alpha value is 0.300. The topological polar surface area (TPSA) is 34.1 Å². The Kier molecular flexibility index (Phi) is 2.86. The highest BCUT2D eigenvalue weighted by molar-refractivity contribution is 7.91. The van der Waals surface area contributed by atoms with E-state index in [1.54, 1.807) is 0 Å². The average Bonchev–Trinajstić information content (AvgIpc) is 1.85. The van der Waals surface area contributed by atoms with Gasteiger partial charge in [-0.15, -0.1) is 0 Å². The van der Waals surface area contributed by atoms with Crippen LogP contribution in [0.25, 0.3) is 0 Å². The van der Waals surface area contributed by atoms with Crippen LogP contribution < -0.4 is 0 Å². The maximum atomic E-state index is 11.1. The minimum Gasteiger partial charge on any atom is -0.229 e. The van der Waals surface area contributed by atoms with Gasteiger partial charge in [-0.25, -0.2) is 8.42 Å². The van der Waals surface area contributed by atoms with Crippen LogP contribution in [0.5, 0.6) is 0 Å². The molecule has 0 bridgehead atoms. The molecule has 0 saturated carbocycles. The SMILES string of the molecule is CC(S)C1CCCS(=O)(=O)C1. The van der Waals surface area contributed by atoms with Crippen molar-refractivity contribution >= 4 is 22.5 Å². The monoisotopic (exact) mass is 194 g/mol. The first kappa shape index (κ1) is 9.39. The first-order valence-electron chi connectivity index (χ1n) is 3.90. The van der Waals surface area contributed by atoms with Gasteiger partial charge in [-0.1, -0.05) is 6.92 Å². The van der Waals surface area contributed by atoms with Crippen LogP contribution in [0, 0.1) is 5.92 Å². The molecule has 1 rings (SSSR count). The normalized spacial score (nSPS) is 33.1. The van der Waals surface area contributed by atoms with Gasteiger partial charge in [0.1, 0.15) is 0 Å². The van der Waals surface area contributed by atoms with Crippen molar-refractivity contribution in [3.8, 4) is 0 Å². The summed E-state index contributed by atoms with van der Waals surface area (Å²) in [6, 6.07) is 0. The summed E-state index contributed by atoms with van der Waals surface area (Å²) < 4.78 is 22.3. The molecule has 0 radical (unpaired) electrons. The molecule has 2 unspecified atom stereocenters. The smallest absolute Gasteiger partial charge is 0.150 e. The van der Waals surface area contributed by atoms with Crippen molar-refractivity contribution in [2.75, 3.05) is 11.5 Å². The maximum Gasteiger partial charge on any atom is 0.150 e. The first-order valence-corrected chi connectivity index (χ1v) is 6.23. The molecule has 1 fully saturated rings. The van der Waals surface area contributed by atoms with Crippen molar-refractivity contribution in [1.29, 1.82) is 0 Å². The van der Waals surface area contributed by atoms with E-state index in [0.717, 1.165) is 12.8 Å². The second-order valence-corrected chi connectivity index (χ2v) is 6.30. The highest BCUT2D eigenvalue weighted by Gasteiger charge is 2.26. The van der Waals surface area contributed by atoms with Crippen LogP contribution in [0.15, 0.2) is 0 Å². The van der Waals surface area contributed by atoms with Crippen LogP contribution in [0.4, 0.5) is 0 Å². The summed E-state index contributed by atoms with van der Waals surface area (Å²) >= 11 is 4.25. The van der Waals surface area contributed by atoms with Gasteiger partial charge in [0, 0.05) is 5.25 Å². The Morgan fingerprint density at radius 2 is 2.18 bits per heavy atom. The molecule has 1 aliphatic rings. The van der Waals surface area contributed by atoms with E-state index >= 15 is 0 Å². The number of hydrogen-bond donors (Lipinski definition) is 1. The number of thiol groups is 1. The van der Waals surface area contributed by atoms with Crippen LogP contribution in [-0.4, -0.2) is 25.2 Å². The van der Waals surface area contributed by atoms with Gasteiger partial charge >= 0.3 is 0 Å². The molecule has 0 aliphatic carbocycles. The molecule has 66 valence electrons. The van der Waals surface area contributed by atoms with E-state index in [1.807, 2.05) is 6.92 Å². The predicted molar refractivity (Wildman–Crippen MR) is 49.8 cm³/mol. The summed E-state index contributed by atoms with van der Waals surface area (Å²) in [5, 5.41) is 0.213. The van der Waals surface area contributed by atoms with Gasteiger partial charge in [0.25, 0.3) is 0 Å². The maximum absolute atomic E-state index is 11.1. The molecular formula is C7H14O2S2. The van der Waals surface area contributed by atoms with Gasteiger partial charge in [-0.2, -0.15) is 12.6 Å². The van der Waals surface area contributed by atoms with Crippen molar-refractivity contribution < 1.29 is 8.42 Å². The van der Waals surface area contributed by atoms with Crippen molar-refractivity contribution in [3.05, 3.63) is 0 Å². The third kappa shape index (κ3) is 2.67. The lowest BCUT2D eigenvalue weighted by Gasteiger charge is -2.24. The fourth-order valence-electron chi connectivity index (χ4n) is 1.44. The van der Waals surface area contributed by atoms with Gasteiger partial charge in [0.2, 0.25) is 0 Å². The molecule has 0 aromatic heterocycles. The minimum absolute atomic E-state index is 0.213. The number of hydrogen-bond acceptors (Lipinski definition) is 3. The highest BCUT2D eigenvalue weighted by Crippen LogP contribution is 2.23. The molecule has 1 heterocycles. The number of rotatable bonds is 1. The van der Waals surface area contributed by atoms with Gasteiger partial charge in [-0.05, 0) is 18.8 Å². The van der Waals surface area contributed by atoms with Crippen LogP contribution in [0.3, 0.4) is 0 Å². The summed E-state index contributed by atoms with van der Waals surface area (Å²) in [4.78, 5) is 0. The minimum atomic E-state index is -2.73. The predicted octanol–water partition coefficient (Wildman–Crippen LogP) is 1.13. The highest BCUT2D eigenvalue weighted by atomic mass is 32.2. The summed E-state index contributed by atoms with van der Waals surface area (Å²) in [5.41, 5.74) is 0. The number of sulfone groups is 1. The summed E-state index contributed by atoms with van der Waals surface area (Å²) in [5.74, 6) is 0.999. The van der Waals surface area contributed by atoms with E-state index in [9.17, 15) is 8.42 Å². The van der Waals surface area contributed by atoms with Crippen LogP contribution in [-0.2, 0) is 9.84 Å². The lowest BCUT2D eigenvalue weighted by atomic mass is 10.0. The van der Waals surface area contributed by atoms with Crippen molar-refractivity contribution in [2.24, 2.45) is 5.92 Å². The largest absolute Gasteiger partial charge is 0.229 e. The standard InChI is InChI=1S/C7H14O2S2/c1-6(10)7-3-2-4-11(8,9)5-7/h6-7,10H,2-5H2,1H3. The van der Waals surface area contributed by atoms with Gasteiger partial charge in [0.15, 0.2) is 9.84 Å². The van der Waals surface area contributed by atoms with Gasteiger partial charge in [-0.3, -0.25) is 0 Å². The Morgan fingerprint density at radius 3 is 2.55 bits per heavy atom. The molecule has 0 N–H and O–H groups in total. The van der Waals surface area contributed by atoms with Crippen molar-refractivity contribution in [1.82, 2.24) is 0 Å². The molecule has 0 aromatic rings. The average molecular weight is 194 g/mol. The lowest BCUT2D eigenvalue weighted by Crippen LogP contribution is -2.29. The lowest BCUT2D eigenvalue weighted by molar-refractivity contribution is 0.484. The van der Waals surface area contributed by atoms with Crippen molar-refractivity contribution in [2.45, 2.75) is 25.0 Å². The molecule has 4 heteroatoms. The zero-order valence-electron chi connectivity index (χ0n) is 6.66. The second kappa shape index (κ2) is 3.35. The fraction of sp³-hybridized carbons (Fsp3) is 1.00. The molecule has 0 aromatic carbocycles. The molecule has 1 aliphatic heterocycles. The first-order chi connectivity index (χ1) is 5.01.